The number of carbonyl (C=O) groups is 4. The Morgan fingerprint density at radius 1 is 1.19 bits per heavy atom. The number of hydrogen-bond donors (Lipinski definition) is 5. The monoisotopic (exact) mass is 458 g/mol. The van der Waals surface area contributed by atoms with Crippen molar-refractivity contribution < 1.29 is 29.4 Å². The summed E-state index contributed by atoms with van der Waals surface area (Å²) in [6.07, 6.45) is -0.569. The number of aliphatic carboxylic acids is 2. The molecule has 11 heteroatoms. The molecule has 2 heterocycles. The van der Waals surface area contributed by atoms with Gasteiger partial charge >= 0.3 is 11.9 Å². The number of nitrogens with zero attached hydrogens (tertiary/aromatic N) is 1. The van der Waals surface area contributed by atoms with E-state index < -0.39 is 23.9 Å². The topological polar surface area (TPSA) is 148 Å². The van der Waals surface area contributed by atoms with Crippen LogP contribution in [0.25, 0.3) is 0 Å². The molecule has 2 amide bonds. The van der Waals surface area contributed by atoms with Crippen molar-refractivity contribution in [3.8, 4) is 0 Å². The Bertz CT molecular complexity index is 1100. The summed E-state index contributed by atoms with van der Waals surface area (Å²) in [5.74, 6) is -2.82. The second-order valence-corrected chi connectivity index (χ2v) is 8.29. The molecule has 0 fully saturated rings. The molecule has 0 bridgehead atoms. The molecule has 0 saturated heterocycles. The number of carboxylic acid groups (broad SMARTS) is 2. The Hall–Kier alpha value is -3.86. The maximum absolute atomic E-state index is 12.4. The number of carbonyl (C=O) groups excluding carboxylic acids is 2. The van der Waals surface area contributed by atoms with E-state index in [0.717, 1.165) is 10.6 Å². The van der Waals surface area contributed by atoms with Crippen LogP contribution in [0.4, 0.5) is 10.7 Å². The maximum atomic E-state index is 12.4. The van der Waals surface area contributed by atoms with Crippen LogP contribution in [0.1, 0.15) is 38.4 Å². The van der Waals surface area contributed by atoms with Gasteiger partial charge < -0.3 is 31.1 Å². The van der Waals surface area contributed by atoms with E-state index >= 15 is 0 Å². The second-order valence-electron chi connectivity index (χ2n) is 7.23. The number of anilines is 2. The summed E-state index contributed by atoms with van der Waals surface area (Å²) in [7, 11) is 1.83. The van der Waals surface area contributed by atoms with Crippen LogP contribution in [0.3, 0.4) is 0 Å². The molecule has 0 aliphatic carbocycles. The van der Waals surface area contributed by atoms with Gasteiger partial charge in [-0.25, -0.2) is 4.79 Å². The number of fused-ring (bicyclic) bond motifs is 1. The van der Waals surface area contributed by atoms with Crippen molar-refractivity contribution in [2.75, 3.05) is 17.3 Å². The van der Waals surface area contributed by atoms with Gasteiger partial charge in [-0.1, -0.05) is 12.6 Å². The van der Waals surface area contributed by atoms with E-state index in [1.165, 1.54) is 11.3 Å². The van der Waals surface area contributed by atoms with Gasteiger partial charge in [0, 0.05) is 20.0 Å². The third-order valence-corrected chi connectivity index (χ3v) is 5.94. The third kappa shape index (κ3) is 5.43. The van der Waals surface area contributed by atoms with Crippen molar-refractivity contribution in [3.05, 3.63) is 58.7 Å². The summed E-state index contributed by atoms with van der Waals surface area (Å²) in [6.45, 7) is 4.17. The van der Waals surface area contributed by atoms with Gasteiger partial charge in [-0.05, 0) is 36.2 Å². The zero-order chi connectivity index (χ0) is 23.4. The first kappa shape index (κ1) is 22.8. The van der Waals surface area contributed by atoms with Gasteiger partial charge in [-0.2, -0.15) is 0 Å². The molecule has 1 atom stereocenters. The van der Waals surface area contributed by atoms with E-state index in [0.29, 0.717) is 28.5 Å². The van der Waals surface area contributed by atoms with Crippen molar-refractivity contribution in [1.29, 1.82) is 0 Å². The van der Waals surface area contributed by atoms with Crippen LogP contribution < -0.4 is 20.9 Å². The summed E-state index contributed by atoms with van der Waals surface area (Å²) in [4.78, 5) is 48.8. The Morgan fingerprint density at radius 3 is 2.62 bits per heavy atom. The standard InChI is InChI=1S/C21H22N4O6S/c1-11-22-14-4-3-12(9-13(14)19(28)23-11)10-25(2)17-7-6-16(32-17)20(29)24-15(21(30)31)5-8-18(26)27/h3-4,6-7,9,15,22H,1,5,8,10H2,2H3,(H,23,28)(H,24,29)(H,26,27)(H,30,31)/t15-/m0/s1. The third-order valence-electron chi connectivity index (χ3n) is 4.74. The van der Waals surface area contributed by atoms with Gasteiger partial charge in [-0.3, -0.25) is 14.4 Å². The first-order valence-corrected chi connectivity index (χ1v) is 10.4. The molecule has 0 radical (unpaired) electrons. The van der Waals surface area contributed by atoms with E-state index in [4.69, 9.17) is 5.11 Å². The fourth-order valence-corrected chi connectivity index (χ4v) is 4.02. The minimum Gasteiger partial charge on any atom is -0.481 e. The Kier molecular flexibility index (Phi) is 6.79. The van der Waals surface area contributed by atoms with Crippen molar-refractivity contribution >= 4 is 45.8 Å². The van der Waals surface area contributed by atoms with Crippen LogP contribution >= 0.6 is 11.3 Å². The number of thiophene rings is 1. The van der Waals surface area contributed by atoms with Crippen molar-refractivity contribution in [2.45, 2.75) is 25.4 Å². The smallest absolute Gasteiger partial charge is 0.326 e. The van der Waals surface area contributed by atoms with Gasteiger partial charge in [-0.15, -0.1) is 11.3 Å². The molecule has 5 N–H and O–H groups in total. The summed E-state index contributed by atoms with van der Waals surface area (Å²) in [6, 6.07) is 7.50. The van der Waals surface area contributed by atoms with Crippen LogP contribution in [0.2, 0.25) is 0 Å². The number of hydrogen-bond acceptors (Lipinski definition) is 7. The maximum Gasteiger partial charge on any atom is 0.326 e. The Labute approximate surface area is 187 Å². The first-order chi connectivity index (χ1) is 15.1. The number of amides is 2. The normalized spacial score (nSPS) is 13.4. The van der Waals surface area contributed by atoms with Crippen LogP contribution in [-0.4, -0.2) is 47.1 Å². The largest absolute Gasteiger partial charge is 0.481 e. The summed E-state index contributed by atoms with van der Waals surface area (Å²) >= 11 is 1.18. The zero-order valence-electron chi connectivity index (χ0n) is 17.2. The fraction of sp³-hybridized carbons (Fsp3) is 0.238. The van der Waals surface area contributed by atoms with Crippen molar-refractivity contribution in [1.82, 2.24) is 10.6 Å². The SMILES string of the molecule is C=C1NC(=O)c2cc(CN(C)c3ccc(C(=O)N[C@@H](CCC(=O)O)C(=O)O)s3)ccc2N1. The van der Waals surface area contributed by atoms with Crippen LogP contribution in [0.15, 0.2) is 42.7 Å². The van der Waals surface area contributed by atoms with Gasteiger partial charge in [0.2, 0.25) is 0 Å². The summed E-state index contributed by atoms with van der Waals surface area (Å²) in [5, 5.41) is 26.7. The highest BCUT2D eigenvalue weighted by Crippen LogP contribution is 2.28. The molecule has 32 heavy (non-hydrogen) atoms. The molecule has 2 aromatic rings. The molecule has 1 aromatic carbocycles. The molecule has 1 aliphatic heterocycles. The Morgan fingerprint density at radius 2 is 1.94 bits per heavy atom. The zero-order valence-corrected chi connectivity index (χ0v) is 18.0. The summed E-state index contributed by atoms with van der Waals surface area (Å²) in [5.41, 5.74) is 2.07. The van der Waals surface area contributed by atoms with E-state index in [2.05, 4.69) is 22.5 Å². The molecule has 1 aromatic heterocycles. The molecule has 10 nitrogen and oxygen atoms in total. The van der Waals surface area contributed by atoms with Crippen LogP contribution in [0, 0.1) is 0 Å². The van der Waals surface area contributed by atoms with Gasteiger partial charge in [0.25, 0.3) is 11.8 Å². The van der Waals surface area contributed by atoms with Crippen LogP contribution in [0.5, 0.6) is 0 Å². The predicted molar refractivity (Wildman–Crippen MR) is 119 cm³/mol. The number of nitrogens with one attached hydrogen (secondary N) is 3. The average molecular weight is 458 g/mol. The molecular formula is C21H22N4O6S. The lowest BCUT2D eigenvalue weighted by atomic mass is 10.1. The van der Waals surface area contributed by atoms with E-state index in [1.54, 1.807) is 24.3 Å². The van der Waals surface area contributed by atoms with Crippen molar-refractivity contribution in [2.24, 2.45) is 0 Å². The molecule has 3 rings (SSSR count). The summed E-state index contributed by atoms with van der Waals surface area (Å²) < 4.78 is 0. The highest BCUT2D eigenvalue weighted by Gasteiger charge is 2.23. The quantitative estimate of drug-likeness (QED) is 0.383. The Balaban J connectivity index is 1.66. The minimum atomic E-state index is -1.29. The number of benzene rings is 1. The number of rotatable bonds is 9. The van der Waals surface area contributed by atoms with E-state index in [9.17, 15) is 24.3 Å². The van der Waals surface area contributed by atoms with Gasteiger partial charge in [0.1, 0.15) is 11.9 Å². The minimum absolute atomic E-state index is 0.206. The second kappa shape index (κ2) is 9.52. The molecule has 0 saturated carbocycles. The molecule has 1 aliphatic rings. The molecular weight excluding hydrogens is 436 g/mol. The van der Waals surface area contributed by atoms with E-state index in [1.807, 2.05) is 18.0 Å². The lowest BCUT2D eigenvalue weighted by molar-refractivity contribution is -0.140. The molecule has 0 unspecified atom stereocenters. The van der Waals surface area contributed by atoms with Gasteiger partial charge in [0.05, 0.1) is 21.1 Å². The molecule has 168 valence electrons. The molecule has 0 spiro atoms. The van der Waals surface area contributed by atoms with Crippen molar-refractivity contribution in [3.63, 3.8) is 0 Å². The van der Waals surface area contributed by atoms with Gasteiger partial charge in [0.15, 0.2) is 0 Å². The highest BCUT2D eigenvalue weighted by atomic mass is 32.1. The number of carboxylic acids is 2. The fourth-order valence-electron chi connectivity index (χ4n) is 3.15. The lowest BCUT2D eigenvalue weighted by Crippen LogP contribution is -2.40. The predicted octanol–water partition coefficient (Wildman–Crippen LogP) is 2.06. The highest BCUT2D eigenvalue weighted by molar-refractivity contribution is 7.18. The lowest BCUT2D eigenvalue weighted by Gasteiger charge is -2.22. The van der Waals surface area contributed by atoms with Crippen LogP contribution in [-0.2, 0) is 16.1 Å². The van der Waals surface area contributed by atoms with E-state index in [-0.39, 0.29) is 18.7 Å². The first-order valence-electron chi connectivity index (χ1n) is 9.60. The average Bonchev–Trinajstić information content (AvgIpc) is 3.21.